The van der Waals surface area contributed by atoms with Crippen LogP contribution in [0, 0.1) is 0 Å². The van der Waals surface area contributed by atoms with Crippen LogP contribution < -0.4 is 4.31 Å². The van der Waals surface area contributed by atoms with Gasteiger partial charge in [-0.3, -0.25) is 4.79 Å². The van der Waals surface area contributed by atoms with Crippen molar-refractivity contribution in [2.24, 2.45) is 0 Å². The summed E-state index contributed by atoms with van der Waals surface area (Å²) in [5, 5.41) is 1.43. The summed E-state index contributed by atoms with van der Waals surface area (Å²) in [6, 6.07) is 12.6. The van der Waals surface area contributed by atoms with Crippen molar-refractivity contribution >= 4 is 67.2 Å². The summed E-state index contributed by atoms with van der Waals surface area (Å²) in [5.74, 6) is -0.631. The van der Waals surface area contributed by atoms with E-state index in [1.807, 2.05) is 12.1 Å². The van der Waals surface area contributed by atoms with Gasteiger partial charge in [-0.05, 0) is 29.7 Å². The summed E-state index contributed by atoms with van der Waals surface area (Å²) in [7, 11) is -4.26. The number of benzene rings is 3. The molecule has 1 aliphatic heterocycles. The second-order valence-electron chi connectivity index (χ2n) is 5.45. The van der Waals surface area contributed by atoms with Gasteiger partial charge >= 0.3 is 0 Å². The Morgan fingerprint density at radius 1 is 0.840 bits per heavy atom. The number of sulfonamides is 1. The number of hydrogen-bond donors (Lipinski definition) is 0. The zero-order valence-electron chi connectivity index (χ0n) is 12.3. The highest BCUT2D eigenvalue weighted by Crippen LogP contribution is 2.42. The molecule has 3 aromatic carbocycles. The molecule has 0 atom stereocenters. The first-order valence-electron chi connectivity index (χ1n) is 7.08. The van der Waals surface area contributed by atoms with Crippen molar-refractivity contribution in [2.45, 2.75) is 4.90 Å². The van der Waals surface area contributed by atoms with E-state index in [0.717, 1.165) is 15.8 Å². The van der Waals surface area contributed by atoms with Gasteiger partial charge in [0, 0.05) is 5.39 Å². The molecule has 4 rings (SSSR count). The third-order valence-electron chi connectivity index (χ3n) is 4.01. The Kier molecular flexibility index (Phi) is 3.74. The van der Waals surface area contributed by atoms with Crippen molar-refractivity contribution in [3.63, 3.8) is 0 Å². The largest absolute Gasteiger partial charge is 0.273 e. The molecule has 25 heavy (non-hydrogen) atoms. The molecule has 0 bridgehead atoms. The van der Waals surface area contributed by atoms with Gasteiger partial charge in [-0.1, -0.05) is 59.1 Å². The number of rotatable bonds is 2. The SMILES string of the molecule is O=C1c2cccc3cccc(c23)N1S(=O)(=O)c1cc(Cl)c(Cl)cc1Cl. The molecule has 8 heteroatoms. The van der Waals surface area contributed by atoms with Crippen LogP contribution in [-0.2, 0) is 10.0 Å². The molecule has 3 aromatic rings. The molecule has 1 aliphatic rings. The minimum Gasteiger partial charge on any atom is -0.268 e. The molecule has 0 fully saturated rings. The van der Waals surface area contributed by atoms with Crippen LogP contribution in [0.1, 0.15) is 10.4 Å². The normalized spacial score (nSPS) is 13.7. The molecule has 0 unspecified atom stereocenters. The summed E-state index contributed by atoms with van der Waals surface area (Å²) in [6.07, 6.45) is 0. The fraction of sp³-hybridized carbons (Fsp3) is 0. The van der Waals surface area contributed by atoms with Gasteiger partial charge in [-0.15, -0.1) is 0 Å². The fourth-order valence-electron chi connectivity index (χ4n) is 2.93. The second-order valence-corrected chi connectivity index (χ2v) is 8.43. The minimum atomic E-state index is -4.26. The molecule has 1 amide bonds. The molecular formula is C17H8Cl3NO3S. The maximum absolute atomic E-state index is 13.2. The highest BCUT2D eigenvalue weighted by atomic mass is 35.5. The molecule has 1 heterocycles. The quantitative estimate of drug-likeness (QED) is 0.547. The van der Waals surface area contributed by atoms with Gasteiger partial charge in [-0.25, -0.2) is 8.42 Å². The van der Waals surface area contributed by atoms with E-state index in [1.165, 1.54) is 6.07 Å². The van der Waals surface area contributed by atoms with Crippen LogP contribution in [0.2, 0.25) is 15.1 Å². The number of nitrogens with zero attached hydrogens (tertiary/aromatic N) is 1. The molecule has 0 saturated carbocycles. The van der Waals surface area contributed by atoms with Crippen molar-refractivity contribution < 1.29 is 13.2 Å². The highest BCUT2D eigenvalue weighted by molar-refractivity contribution is 7.93. The second kappa shape index (κ2) is 5.61. The Morgan fingerprint density at radius 3 is 2.20 bits per heavy atom. The minimum absolute atomic E-state index is 0.0343. The van der Waals surface area contributed by atoms with Gasteiger partial charge in [0.2, 0.25) is 0 Å². The molecule has 0 radical (unpaired) electrons. The van der Waals surface area contributed by atoms with E-state index in [2.05, 4.69) is 0 Å². The summed E-state index contributed by atoms with van der Waals surface area (Å²) in [6.45, 7) is 0. The number of carbonyl (C=O) groups is 1. The highest BCUT2D eigenvalue weighted by Gasteiger charge is 2.40. The van der Waals surface area contributed by atoms with E-state index in [9.17, 15) is 13.2 Å². The number of anilines is 1. The summed E-state index contributed by atoms with van der Waals surface area (Å²) in [4.78, 5) is 12.5. The van der Waals surface area contributed by atoms with Gasteiger partial charge in [0.15, 0.2) is 0 Å². The Balaban J connectivity index is 1.99. The van der Waals surface area contributed by atoms with Gasteiger partial charge in [-0.2, -0.15) is 4.31 Å². The van der Waals surface area contributed by atoms with Crippen molar-refractivity contribution in [3.8, 4) is 0 Å². The predicted molar refractivity (Wildman–Crippen MR) is 99.4 cm³/mol. The lowest BCUT2D eigenvalue weighted by Gasteiger charge is -2.19. The maximum atomic E-state index is 13.2. The number of halogens is 3. The first kappa shape index (κ1) is 16.7. The molecule has 0 saturated heterocycles. The fourth-order valence-corrected chi connectivity index (χ4v) is 5.33. The molecule has 126 valence electrons. The van der Waals surface area contributed by atoms with Gasteiger partial charge < -0.3 is 0 Å². The zero-order valence-corrected chi connectivity index (χ0v) is 15.4. The van der Waals surface area contributed by atoms with E-state index in [4.69, 9.17) is 34.8 Å². The van der Waals surface area contributed by atoms with Crippen LogP contribution in [0.3, 0.4) is 0 Å². The molecular weight excluding hydrogens is 405 g/mol. The summed E-state index contributed by atoms with van der Waals surface area (Å²) < 4.78 is 27.1. The average molecular weight is 413 g/mol. The molecule has 4 nitrogen and oxygen atoms in total. The Hall–Kier alpha value is -1.79. The lowest BCUT2D eigenvalue weighted by atomic mass is 10.1. The van der Waals surface area contributed by atoms with E-state index < -0.39 is 15.9 Å². The molecule has 0 aliphatic carbocycles. The Bertz CT molecular complexity index is 1170. The van der Waals surface area contributed by atoms with Crippen LogP contribution in [0.25, 0.3) is 10.8 Å². The Morgan fingerprint density at radius 2 is 1.48 bits per heavy atom. The predicted octanol–water partition coefficient (Wildman–Crippen LogP) is 5.15. The van der Waals surface area contributed by atoms with E-state index in [-0.39, 0.29) is 20.0 Å². The van der Waals surface area contributed by atoms with Crippen molar-refractivity contribution in [1.29, 1.82) is 0 Å². The monoisotopic (exact) mass is 411 g/mol. The lowest BCUT2D eigenvalue weighted by Crippen LogP contribution is -2.34. The standard InChI is InChI=1S/C17H8Cl3NO3S/c18-11-7-13(20)15(8-12(11)19)25(23,24)21-14-6-2-4-9-3-1-5-10(16(9)14)17(21)22/h1-8H. The van der Waals surface area contributed by atoms with Gasteiger partial charge in [0.1, 0.15) is 4.90 Å². The number of hydrogen-bond acceptors (Lipinski definition) is 3. The lowest BCUT2D eigenvalue weighted by molar-refractivity contribution is 0.101. The van der Waals surface area contributed by atoms with E-state index >= 15 is 0 Å². The van der Waals surface area contributed by atoms with Crippen LogP contribution in [0.4, 0.5) is 5.69 Å². The smallest absolute Gasteiger partial charge is 0.268 e. The van der Waals surface area contributed by atoms with Crippen molar-refractivity contribution in [1.82, 2.24) is 0 Å². The Labute approximate surface area is 158 Å². The first-order chi connectivity index (χ1) is 11.8. The molecule has 0 N–H and O–H groups in total. The first-order valence-corrected chi connectivity index (χ1v) is 9.66. The van der Waals surface area contributed by atoms with Crippen LogP contribution in [0.15, 0.2) is 53.4 Å². The summed E-state index contributed by atoms with van der Waals surface area (Å²) >= 11 is 17.9. The van der Waals surface area contributed by atoms with Crippen molar-refractivity contribution in [2.75, 3.05) is 4.31 Å². The van der Waals surface area contributed by atoms with Gasteiger partial charge in [0.25, 0.3) is 15.9 Å². The van der Waals surface area contributed by atoms with Crippen LogP contribution in [0.5, 0.6) is 0 Å². The molecule has 0 aromatic heterocycles. The average Bonchev–Trinajstić information content (AvgIpc) is 2.86. The summed E-state index contributed by atoms with van der Waals surface area (Å²) in [5.41, 5.74) is 0.619. The third kappa shape index (κ3) is 2.34. The molecule has 0 spiro atoms. The zero-order chi connectivity index (χ0) is 17.9. The third-order valence-corrected chi connectivity index (χ3v) is 6.89. The maximum Gasteiger partial charge on any atom is 0.273 e. The topological polar surface area (TPSA) is 54.5 Å². The van der Waals surface area contributed by atoms with Gasteiger partial charge in [0.05, 0.1) is 26.3 Å². The van der Waals surface area contributed by atoms with Crippen LogP contribution >= 0.6 is 34.8 Å². The van der Waals surface area contributed by atoms with E-state index in [1.54, 1.807) is 24.3 Å². The van der Waals surface area contributed by atoms with Crippen LogP contribution in [-0.4, -0.2) is 14.3 Å². The number of carbonyl (C=O) groups excluding carboxylic acids is 1. The van der Waals surface area contributed by atoms with Crippen molar-refractivity contribution in [3.05, 3.63) is 69.2 Å². The number of amides is 1. The van der Waals surface area contributed by atoms with E-state index in [0.29, 0.717) is 16.6 Å².